The molecule has 0 saturated carbocycles. The van der Waals surface area contributed by atoms with Crippen molar-refractivity contribution in [2.75, 3.05) is 12.4 Å². The third-order valence-electron chi connectivity index (χ3n) is 3.28. The van der Waals surface area contributed by atoms with Gasteiger partial charge in [0.1, 0.15) is 11.6 Å². The molecule has 0 aliphatic heterocycles. The molecule has 19 heavy (non-hydrogen) atoms. The summed E-state index contributed by atoms with van der Waals surface area (Å²) in [7, 11) is 3.77. The van der Waals surface area contributed by atoms with Gasteiger partial charge in [0.05, 0.1) is 16.6 Å². The Balaban J connectivity index is 2.26. The lowest BCUT2D eigenvalue weighted by atomic mass is 10.2. The minimum atomic E-state index is -0.255. The Morgan fingerprint density at radius 3 is 2.68 bits per heavy atom. The fraction of sp³-hybridized carbons (Fsp3) is 0.133. The van der Waals surface area contributed by atoms with Gasteiger partial charge >= 0.3 is 0 Å². The second-order valence-corrected chi connectivity index (χ2v) is 4.43. The number of aryl methyl sites for hydroxylation is 1. The number of nitrogens with zero attached hydrogens (tertiary/aromatic N) is 2. The summed E-state index contributed by atoms with van der Waals surface area (Å²) in [6.07, 6.45) is 0. The van der Waals surface area contributed by atoms with Crippen LogP contribution in [0.25, 0.3) is 22.4 Å². The maximum Gasteiger partial charge on any atom is 0.143 e. The van der Waals surface area contributed by atoms with Crippen LogP contribution < -0.4 is 5.32 Å². The van der Waals surface area contributed by atoms with Crippen LogP contribution in [0.2, 0.25) is 0 Å². The number of fused-ring (bicyclic) bond motifs is 1. The number of benzene rings is 2. The molecule has 3 nitrogen and oxygen atoms in total. The van der Waals surface area contributed by atoms with Crippen LogP contribution in [0.1, 0.15) is 0 Å². The molecule has 1 aromatic heterocycles. The van der Waals surface area contributed by atoms with Crippen LogP contribution in [0.5, 0.6) is 0 Å². The van der Waals surface area contributed by atoms with Crippen LogP contribution in [0.15, 0.2) is 42.5 Å². The van der Waals surface area contributed by atoms with Crippen molar-refractivity contribution >= 4 is 16.7 Å². The molecule has 0 atom stereocenters. The van der Waals surface area contributed by atoms with Gasteiger partial charge in [-0.2, -0.15) is 0 Å². The van der Waals surface area contributed by atoms with E-state index in [1.54, 1.807) is 12.1 Å². The molecule has 3 aromatic rings. The van der Waals surface area contributed by atoms with Gasteiger partial charge in [-0.1, -0.05) is 12.1 Å². The van der Waals surface area contributed by atoms with Crippen molar-refractivity contribution in [1.29, 1.82) is 0 Å². The fourth-order valence-electron chi connectivity index (χ4n) is 2.23. The van der Waals surface area contributed by atoms with Crippen LogP contribution in [-0.4, -0.2) is 16.6 Å². The number of anilines is 1. The van der Waals surface area contributed by atoms with Gasteiger partial charge in [-0.15, -0.1) is 0 Å². The molecule has 0 saturated heterocycles. The summed E-state index contributed by atoms with van der Waals surface area (Å²) in [6.45, 7) is 0. The average Bonchev–Trinajstić information content (AvgIpc) is 2.76. The predicted molar refractivity (Wildman–Crippen MR) is 75.7 cm³/mol. The summed E-state index contributed by atoms with van der Waals surface area (Å²) < 4.78 is 15.8. The predicted octanol–water partition coefficient (Wildman–Crippen LogP) is 3.42. The van der Waals surface area contributed by atoms with Gasteiger partial charge < -0.3 is 9.88 Å². The van der Waals surface area contributed by atoms with Crippen LogP contribution >= 0.6 is 0 Å². The monoisotopic (exact) mass is 255 g/mol. The van der Waals surface area contributed by atoms with E-state index >= 15 is 0 Å². The summed E-state index contributed by atoms with van der Waals surface area (Å²) in [5.74, 6) is 0.385. The van der Waals surface area contributed by atoms with E-state index in [0.29, 0.717) is 11.4 Å². The quantitative estimate of drug-likeness (QED) is 0.760. The third-order valence-corrected chi connectivity index (χ3v) is 3.28. The number of aromatic nitrogens is 2. The maximum absolute atomic E-state index is 13.9. The normalized spacial score (nSPS) is 10.9. The first-order chi connectivity index (χ1) is 9.20. The second-order valence-electron chi connectivity index (χ2n) is 4.43. The number of hydrogen-bond donors (Lipinski definition) is 1. The molecule has 0 bridgehead atoms. The van der Waals surface area contributed by atoms with Gasteiger partial charge in [-0.3, -0.25) is 0 Å². The molecule has 1 heterocycles. The molecule has 96 valence electrons. The molecule has 0 radical (unpaired) electrons. The standard InChI is InChI=1S/C15H14FN3/c1-17-10-7-8-13-14(9-10)19(2)15(18-13)11-5-3-4-6-12(11)16/h3-9,17H,1-2H3. The summed E-state index contributed by atoms with van der Waals surface area (Å²) in [5, 5.41) is 3.09. The van der Waals surface area contributed by atoms with E-state index in [2.05, 4.69) is 10.3 Å². The van der Waals surface area contributed by atoms with Crippen LogP contribution in [0.3, 0.4) is 0 Å². The average molecular weight is 255 g/mol. The molecule has 0 fully saturated rings. The van der Waals surface area contributed by atoms with Gasteiger partial charge in [0.15, 0.2) is 0 Å². The topological polar surface area (TPSA) is 29.9 Å². The Kier molecular flexibility index (Phi) is 2.71. The summed E-state index contributed by atoms with van der Waals surface area (Å²) in [5.41, 5.74) is 3.37. The summed E-state index contributed by atoms with van der Waals surface area (Å²) >= 11 is 0. The lowest BCUT2D eigenvalue weighted by Crippen LogP contribution is -1.95. The Bertz CT molecular complexity index is 746. The number of hydrogen-bond acceptors (Lipinski definition) is 2. The van der Waals surface area contributed by atoms with E-state index in [0.717, 1.165) is 16.7 Å². The SMILES string of the molecule is CNc1ccc2nc(-c3ccccc3F)n(C)c2c1. The molecular formula is C15H14FN3. The highest BCUT2D eigenvalue weighted by molar-refractivity contribution is 5.83. The van der Waals surface area contributed by atoms with Crippen molar-refractivity contribution in [3.63, 3.8) is 0 Å². The van der Waals surface area contributed by atoms with Crippen molar-refractivity contribution in [2.45, 2.75) is 0 Å². The van der Waals surface area contributed by atoms with E-state index in [4.69, 9.17) is 0 Å². The molecule has 0 amide bonds. The third kappa shape index (κ3) is 1.85. The Morgan fingerprint density at radius 1 is 1.16 bits per heavy atom. The minimum Gasteiger partial charge on any atom is -0.388 e. The Labute approximate surface area is 110 Å². The summed E-state index contributed by atoms with van der Waals surface area (Å²) in [6, 6.07) is 12.6. The first-order valence-electron chi connectivity index (χ1n) is 6.10. The largest absolute Gasteiger partial charge is 0.388 e. The van der Waals surface area contributed by atoms with Gasteiger partial charge in [0, 0.05) is 19.8 Å². The first kappa shape index (κ1) is 11.7. The molecule has 0 unspecified atom stereocenters. The highest BCUT2D eigenvalue weighted by Gasteiger charge is 2.13. The van der Waals surface area contributed by atoms with Crippen LogP contribution in [0, 0.1) is 5.82 Å². The zero-order chi connectivity index (χ0) is 13.4. The lowest BCUT2D eigenvalue weighted by molar-refractivity contribution is 0.629. The molecule has 0 aliphatic rings. The van der Waals surface area contributed by atoms with E-state index in [1.807, 2.05) is 42.9 Å². The molecular weight excluding hydrogens is 241 g/mol. The van der Waals surface area contributed by atoms with Crippen molar-refractivity contribution in [2.24, 2.45) is 7.05 Å². The minimum absolute atomic E-state index is 0.255. The molecule has 4 heteroatoms. The second kappa shape index (κ2) is 4.39. The molecule has 2 aromatic carbocycles. The van der Waals surface area contributed by atoms with Gasteiger partial charge in [-0.25, -0.2) is 9.37 Å². The zero-order valence-electron chi connectivity index (χ0n) is 10.8. The first-order valence-corrected chi connectivity index (χ1v) is 6.10. The number of rotatable bonds is 2. The number of nitrogens with one attached hydrogen (secondary N) is 1. The maximum atomic E-state index is 13.9. The van der Waals surface area contributed by atoms with E-state index in [1.165, 1.54) is 6.07 Å². The lowest BCUT2D eigenvalue weighted by Gasteiger charge is -2.04. The Morgan fingerprint density at radius 2 is 1.95 bits per heavy atom. The smallest absolute Gasteiger partial charge is 0.143 e. The number of halogens is 1. The highest BCUT2D eigenvalue weighted by Crippen LogP contribution is 2.27. The zero-order valence-corrected chi connectivity index (χ0v) is 10.8. The van der Waals surface area contributed by atoms with Crippen molar-refractivity contribution in [1.82, 2.24) is 9.55 Å². The van der Waals surface area contributed by atoms with E-state index < -0.39 is 0 Å². The number of imidazole rings is 1. The van der Waals surface area contributed by atoms with E-state index in [-0.39, 0.29) is 5.82 Å². The summed E-state index contributed by atoms with van der Waals surface area (Å²) in [4.78, 5) is 4.51. The fourth-order valence-corrected chi connectivity index (χ4v) is 2.23. The van der Waals surface area contributed by atoms with E-state index in [9.17, 15) is 4.39 Å². The highest BCUT2D eigenvalue weighted by atomic mass is 19.1. The van der Waals surface area contributed by atoms with Crippen molar-refractivity contribution < 1.29 is 4.39 Å². The van der Waals surface area contributed by atoms with Crippen molar-refractivity contribution in [3.8, 4) is 11.4 Å². The molecule has 1 N–H and O–H groups in total. The Hall–Kier alpha value is -2.36. The van der Waals surface area contributed by atoms with Crippen molar-refractivity contribution in [3.05, 3.63) is 48.3 Å². The van der Waals surface area contributed by atoms with Gasteiger partial charge in [0.2, 0.25) is 0 Å². The molecule has 3 rings (SSSR count). The molecule has 0 aliphatic carbocycles. The van der Waals surface area contributed by atoms with Crippen LogP contribution in [0.4, 0.5) is 10.1 Å². The van der Waals surface area contributed by atoms with Crippen LogP contribution in [-0.2, 0) is 7.05 Å². The molecule has 0 spiro atoms. The van der Waals surface area contributed by atoms with Gasteiger partial charge in [-0.05, 0) is 30.3 Å². The van der Waals surface area contributed by atoms with Gasteiger partial charge in [0.25, 0.3) is 0 Å².